The van der Waals surface area contributed by atoms with Gasteiger partial charge in [0, 0.05) is 31.2 Å². The first-order chi connectivity index (χ1) is 8.78. The third-order valence-corrected chi connectivity index (χ3v) is 5.34. The van der Waals surface area contributed by atoms with Crippen molar-refractivity contribution in [3.05, 3.63) is 0 Å². The van der Waals surface area contributed by atoms with Gasteiger partial charge >= 0.3 is 0 Å². The molecule has 3 heteroatoms. The predicted octanol–water partition coefficient (Wildman–Crippen LogP) is 1.54. The molecule has 3 atom stereocenters. The molecule has 3 rings (SSSR count). The van der Waals surface area contributed by atoms with E-state index in [9.17, 15) is 0 Å². The molecule has 1 N–H and O–H groups in total. The van der Waals surface area contributed by atoms with E-state index in [1.54, 1.807) is 0 Å². The van der Waals surface area contributed by atoms with Crippen molar-refractivity contribution in [2.75, 3.05) is 33.2 Å². The van der Waals surface area contributed by atoms with Gasteiger partial charge in [0.05, 0.1) is 0 Å². The van der Waals surface area contributed by atoms with Gasteiger partial charge in [-0.3, -0.25) is 4.90 Å². The Balaban J connectivity index is 1.56. The van der Waals surface area contributed by atoms with Crippen molar-refractivity contribution in [3.63, 3.8) is 0 Å². The zero-order valence-electron chi connectivity index (χ0n) is 12.1. The van der Waals surface area contributed by atoms with E-state index >= 15 is 0 Å². The van der Waals surface area contributed by atoms with Gasteiger partial charge in [0.15, 0.2) is 0 Å². The first kappa shape index (κ1) is 12.9. The van der Waals surface area contributed by atoms with Gasteiger partial charge in [-0.2, -0.15) is 0 Å². The smallest absolute Gasteiger partial charge is 0.0223 e. The Morgan fingerprint density at radius 3 is 2.61 bits per heavy atom. The van der Waals surface area contributed by atoms with E-state index in [-0.39, 0.29) is 0 Å². The van der Waals surface area contributed by atoms with Crippen molar-refractivity contribution < 1.29 is 0 Å². The van der Waals surface area contributed by atoms with Crippen LogP contribution in [-0.2, 0) is 0 Å². The van der Waals surface area contributed by atoms with E-state index in [4.69, 9.17) is 0 Å². The first-order valence-corrected chi connectivity index (χ1v) is 7.95. The number of hydrogen-bond acceptors (Lipinski definition) is 3. The second kappa shape index (κ2) is 5.48. The predicted molar refractivity (Wildman–Crippen MR) is 75.8 cm³/mol. The van der Waals surface area contributed by atoms with Crippen LogP contribution in [0.2, 0.25) is 0 Å². The van der Waals surface area contributed by atoms with E-state index in [0.29, 0.717) is 0 Å². The average molecular weight is 251 g/mol. The Labute approximate surface area is 112 Å². The quantitative estimate of drug-likeness (QED) is 0.800. The maximum atomic E-state index is 3.71. The second-order valence-corrected chi connectivity index (χ2v) is 6.60. The highest BCUT2D eigenvalue weighted by molar-refractivity contribution is 4.94. The Kier molecular flexibility index (Phi) is 3.92. The summed E-state index contributed by atoms with van der Waals surface area (Å²) in [6, 6.07) is 2.47. The molecule has 0 spiro atoms. The number of likely N-dealkylation sites (tertiary alicyclic amines) is 1. The summed E-state index contributed by atoms with van der Waals surface area (Å²) in [6.45, 7) is 7.28. The second-order valence-electron chi connectivity index (χ2n) is 6.60. The standard InChI is InChI=1S/C15H29N3/c1-3-16-15(12-4-5-12)11-18-9-8-13-6-7-14(10-18)17(13)2/h12-16H,3-11H2,1-2H3. The molecule has 1 aliphatic carbocycles. The minimum absolute atomic E-state index is 0.761. The molecule has 3 aliphatic rings. The molecule has 18 heavy (non-hydrogen) atoms. The molecule has 2 saturated heterocycles. The minimum Gasteiger partial charge on any atom is -0.313 e. The van der Waals surface area contributed by atoms with E-state index in [1.165, 1.54) is 51.7 Å². The third-order valence-electron chi connectivity index (χ3n) is 5.34. The minimum atomic E-state index is 0.761. The monoisotopic (exact) mass is 251 g/mol. The molecular weight excluding hydrogens is 222 g/mol. The van der Waals surface area contributed by atoms with Gasteiger partial charge in [-0.15, -0.1) is 0 Å². The van der Waals surface area contributed by atoms with Crippen LogP contribution in [0.3, 0.4) is 0 Å². The lowest BCUT2D eigenvalue weighted by Crippen LogP contribution is -2.45. The molecule has 3 nitrogen and oxygen atoms in total. The van der Waals surface area contributed by atoms with Crippen molar-refractivity contribution >= 4 is 0 Å². The summed E-state index contributed by atoms with van der Waals surface area (Å²) in [7, 11) is 2.34. The number of nitrogens with zero attached hydrogens (tertiary/aromatic N) is 2. The van der Waals surface area contributed by atoms with Crippen molar-refractivity contribution in [1.82, 2.24) is 15.1 Å². The van der Waals surface area contributed by atoms with Gasteiger partial charge < -0.3 is 10.2 Å². The Morgan fingerprint density at radius 2 is 1.89 bits per heavy atom. The van der Waals surface area contributed by atoms with Crippen LogP contribution in [0.5, 0.6) is 0 Å². The van der Waals surface area contributed by atoms with E-state index in [2.05, 4.69) is 29.1 Å². The summed E-state index contributed by atoms with van der Waals surface area (Å²) in [4.78, 5) is 5.39. The molecule has 2 bridgehead atoms. The molecule has 3 fully saturated rings. The van der Waals surface area contributed by atoms with Gasteiger partial charge in [0.2, 0.25) is 0 Å². The Hall–Kier alpha value is -0.120. The number of hydrogen-bond donors (Lipinski definition) is 1. The maximum Gasteiger partial charge on any atom is 0.0223 e. The highest BCUT2D eigenvalue weighted by atomic mass is 15.3. The molecule has 2 aliphatic heterocycles. The highest BCUT2D eigenvalue weighted by Crippen LogP contribution is 2.34. The zero-order valence-corrected chi connectivity index (χ0v) is 12.1. The first-order valence-electron chi connectivity index (χ1n) is 7.95. The summed E-state index contributed by atoms with van der Waals surface area (Å²) in [5.41, 5.74) is 0. The highest BCUT2D eigenvalue weighted by Gasteiger charge is 2.37. The fourth-order valence-electron chi connectivity index (χ4n) is 3.96. The van der Waals surface area contributed by atoms with Crippen LogP contribution in [0.15, 0.2) is 0 Å². The van der Waals surface area contributed by atoms with Gasteiger partial charge in [-0.05, 0) is 58.2 Å². The lowest BCUT2D eigenvalue weighted by atomic mass is 10.1. The number of likely N-dealkylation sites (N-methyl/N-ethyl adjacent to an activating group) is 2. The van der Waals surface area contributed by atoms with Crippen molar-refractivity contribution in [2.45, 2.75) is 57.2 Å². The van der Waals surface area contributed by atoms with E-state index in [0.717, 1.165) is 30.6 Å². The van der Waals surface area contributed by atoms with Gasteiger partial charge in [-0.1, -0.05) is 6.92 Å². The van der Waals surface area contributed by atoms with Gasteiger partial charge in [-0.25, -0.2) is 0 Å². The lowest BCUT2D eigenvalue weighted by molar-refractivity contribution is 0.199. The molecule has 3 unspecified atom stereocenters. The molecule has 0 aromatic rings. The van der Waals surface area contributed by atoms with Crippen LogP contribution >= 0.6 is 0 Å². The topological polar surface area (TPSA) is 18.5 Å². The van der Waals surface area contributed by atoms with Crippen LogP contribution in [0.4, 0.5) is 0 Å². The molecule has 0 radical (unpaired) electrons. The lowest BCUT2D eigenvalue weighted by Gasteiger charge is -2.29. The Morgan fingerprint density at radius 1 is 1.11 bits per heavy atom. The van der Waals surface area contributed by atoms with E-state index < -0.39 is 0 Å². The van der Waals surface area contributed by atoms with E-state index in [1.807, 2.05) is 0 Å². The molecule has 0 aromatic carbocycles. The van der Waals surface area contributed by atoms with Gasteiger partial charge in [0.1, 0.15) is 0 Å². The average Bonchev–Trinajstić information content (AvgIpc) is 3.11. The van der Waals surface area contributed by atoms with Crippen molar-refractivity contribution in [1.29, 1.82) is 0 Å². The molecule has 0 amide bonds. The Bertz CT molecular complexity index is 277. The number of nitrogens with one attached hydrogen (secondary N) is 1. The summed E-state index contributed by atoms with van der Waals surface area (Å²) in [5.74, 6) is 0.975. The SMILES string of the molecule is CCNC(CN1CCC2CCC(C1)N2C)C1CC1. The molecular formula is C15H29N3. The van der Waals surface area contributed by atoms with Gasteiger partial charge in [0.25, 0.3) is 0 Å². The molecule has 104 valence electrons. The van der Waals surface area contributed by atoms with Crippen LogP contribution < -0.4 is 5.32 Å². The normalized spacial score (nSPS) is 35.7. The third kappa shape index (κ3) is 2.73. The summed E-state index contributed by atoms with van der Waals surface area (Å²) < 4.78 is 0. The largest absolute Gasteiger partial charge is 0.313 e. The van der Waals surface area contributed by atoms with Crippen molar-refractivity contribution in [2.24, 2.45) is 5.92 Å². The molecule has 1 saturated carbocycles. The van der Waals surface area contributed by atoms with Crippen LogP contribution in [-0.4, -0.2) is 61.2 Å². The number of fused-ring (bicyclic) bond motifs is 2. The van der Waals surface area contributed by atoms with Crippen molar-refractivity contribution in [3.8, 4) is 0 Å². The van der Waals surface area contributed by atoms with Crippen LogP contribution in [0, 0.1) is 5.92 Å². The van der Waals surface area contributed by atoms with Crippen LogP contribution in [0.25, 0.3) is 0 Å². The molecule has 0 aromatic heterocycles. The summed E-state index contributed by atoms with van der Waals surface area (Å²) in [5, 5.41) is 3.71. The fourth-order valence-corrected chi connectivity index (χ4v) is 3.96. The maximum absolute atomic E-state index is 3.71. The number of rotatable bonds is 5. The van der Waals surface area contributed by atoms with Crippen LogP contribution in [0.1, 0.15) is 39.0 Å². The molecule has 2 heterocycles. The zero-order chi connectivity index (χ0) is 12.5. The fraction of sp³-hybridized carbons (Fsp3) is 1.00. The summed E-state index contributed by atoms with van der Waals surface area (Å²) in [6.07, 6.45) is 7.16. The summed E-state index contributed by atoms with van der Waals surface area (Å²) >= 11 is 0.